The zero-order chi connectivity index (χ0) is 20.4. The van der Waals surface area contributed by atoms with E-state index in [1.165, 1.54) is 0 Å². The van der Waals surface area contributed by atoms with Crippen LogP contribution in [0.15, 0.2) is 53.0 Å². The van der Waals surface area contributed by atoms with Gasteiger partial charge in [0, 0.05) is 21.4 Å². The van der Waals surface area contributed by atoms with Crippen LogP contribution in [0.25, 0.3) is 0 Å². The molecule has 0 unspecified atom stereocenters. The molecule has 1 saturated carbocycles. The summed E-state index contributed by atoms with van der Waals surface area (Å²) >= 11 is 3.36. The highest BCUT2D eigenvalue weighted by Crippen LogP contribution is 2.45. The second kappa shape index (κ2) is 7.99. The quantitative estimate of drug-likeness (QED) is 0.662. The molecule has 2 N–H and O–H groups in total. The minimum Gasteiger partial charge on any atom is -0.458 e. The minimum absolute atomic E-state index is 0.107. The van der Waals surface area contributed by atoms with Crippen molar-refractivity contribution in [2.24, 2.45) is 5.92 Å². The van der Waals surface area contributed by atoms with Gasteiger partial charge in [-0.25, -0.2) is 0 Å². The summed E-state index contributed by atoms with van der Waals surface area (Å²) in [4.78, 5) is 37.3. The summed E-state index contributed by atoms with van der Waals surface area (Å²) in [6.07, 6.45) is 3.49. The van der Waals surface area contributed by atoms with Crippen molar-refractivity contribution in [3.8, 4) is 0 Å². The fourth-order valence-electron chi connectivity index (χ4n) is 4.15. The minimum atomic E-state index is -0.655. The van der Waals surface area contributed by atoms with E-state index in [1.807, 2.05) is 12.1 Å². The Morgan fingerprint density at radius 2 is 1.72 bits per heavy atom. The van der Waals surface area contributed by atoms with Gasteiger partial charge in [-0.15, -0.1) is 0 Å². The summed E-state index contributed by atoms with van der Waals surface area (Å²) in [5, 5.41) is 5.69. The van der Waals surface area contributed by atoms with Crippen LogP contribution < -0.4 is 10.6 Å². The van der Waals surface area contributed by atoms with Gasteiger partial charge in [0.1, 0.15) is 5.60 Å². The number of halogens is 1. The van der Waals surface area contributed by atoms with Gasteiger partial charge >= 0.3 is 5.97 Å². The largest absolute Gasteiger partial charge is 0.458 e. The van der Waals surface area contributed by atoms with Gasteiger partial charge in [0.05, 0.1) is 12.3 Å². The number of carbonyl (C=O) groups excluding carboxylic acids is 3. The number of ether oxygens (including phenoxy) is 1. The summed E-state index contributed by atoms with van der Waals surface area (Å²) < 4.78 is 6.48. The molecule has 2 aromatic rings. The van der Waals surface area contributed by atoms with Crippen LogP contribution in [0.1, 0.15) is 42.5 Å². The molecule has 6 nitrogen and oxygen atoms in total. The Hall–Kier alpha value is -2.67. The Labute approximate surface area is 177 Å². The highest BCUT2D eigenvalue weighted by Gasteiger charge is 2.53. The molecule has 150 valence electrons. The lowest BCUT2D eigenvalue weighted by Crippen LogP contribution is -2.39. The summed E-state index contributed by atoms with van der Waals surface area (Å²) in [6, 6.07) is 14.0. The molecule has 1 saturated heterocycles. The number of hydrogen-bond acceptors (Lipinski definition) is 4. The van der Waals surface area contributed by atoms with Crippen LogP contribution in [-0.2, 0) is 14.3 Å². The van der Waals surface area contributed by atoms with E-state index in [0.717, 1.165) is 30.2 Å². The molecule has 2 aromatic carbocycles. The van der Waals surface area contributed by atoms with Crippen molar-refractivity contribution < 1.29 is 19.1 Å². The predicted octanol–water partition coefficient (Wildman–Crippen LogP) is 4.52. The van der Waals surface area contributed by atoms with Crippen LogP contribution in [0.4, 0.5) is 11.4 Å². The number of esters is 1. The smallest absolute Gasteiger partial charge is 0.307 e. The van der Waals surface area contributed by atoms with Crippen LogP contribution >= 0.6 is 15.9 Å². The van der Waals surface area contributed by atoms with Crippen molar-refractivity contribution in [2.45, 2.75) is 37.7 Å². The molecular weight excluding hydrogens is 436 g/mol. The number of amides is 2. The number of carbonyl (C=O) groups is 3. The van der Waals surface area contributed by atoms with Gasteiger partial charge in [0.25, 0.3) is 5.91 Å². The maximum atomic E-state index is 12.9. The van der Waals surface area contributed by atoms with E-state index in [2.05, 4.69) is 26.6 Å². The Bertz CT molecular complexity index is 952. The van der Waals surface area contributed by atoms with Crippen LogP contribution in [-0.4, -0.2) is 23.4 Å². The maximum Gasteiger partial charge on any atom is 0.307 e. The third kappa shape index (κ3) is 4.19. The first-order valence-corrected chi connectivity index (χ1v) is 10.4. The molecule has 0 bridgehead atoms. The Morgan fingerprint density at radius 3 is 2.45 bits per heavy atom. The molecule has 4 rings (SSSR count). The van der Waals surface area contributed by atoms with E-state index >= 15 is 0 Å². The molecule has 2 fully saturated rings. The number of benzene rings is 2. The average molecular weight is 457 g/mol. The number of hydrogen-bond donors (Lipinski definition) is 2. The lowest BCUT2D eigenvalue weighted by atomic mass is 9.85. The third-order valence-electron chi connectivity index (χ3n) is 5.58. The van der Waals surface area contributed by atoms with E-state index in [0.29, 0.717) is 16.9 Å². The van der Waals surface area contributed by atoms with E-state index in [1.54, 1.807) is 36.4 Å². The normalized spacial score (nSPS) is 19.8. The Morgan fingerprint density at radius 1 is 1.00 bits per heavy atom. The molecular formula is C22H21BrN2O4. The number of anilines is 2. The lowest BCUT2D eigenvalue weighted by molar-refractivity contribution is -0.149. The number of nitrogens with one attached hydrogen (secondary N) is 2. The second-order valence-electron chi connectivity index (χ2n) is 7.53. The van der Waals surface area contributed by atoms with Crippen molar-refractivity contribution in [3.05, 3.63) is 58.6 Å². The van der Waals surface area contributed by atoms with Gasteiger partial charge < -0.3 is 15.4 Å². The number of rotatable bonds is 4. The van der Waals surface area contributed by atoms with Crippen molar-refractivity contribution in [3.63, 3.8) is 0 Å². The first kappa shape index (κ1) is 19.6. The van der Waals surface area contributed by atoms with Crippen molar-refractivity contribution in [1.29, 1.82) is 0 Å². The van der Waals surface area contributed by atoms with E-state index < -0.39 is 11.5 Å². The average Bonchev–Trinajstić information content (AvgIpc) is 3.30. The third-order valence-corrected chi connectivity index (χ3v) is 6.11. The summed E-state index contributed by atoms with van der Waals surface area (Å²) in [6.45, 7) is 0. The van der Waals surface area contributed by atoms with E-state index in [9.17, 15) is 14.4 Å². The SMILES string of the molecule is O=C1C[C@H](C(=O)Nc2cccc(C(=O)Nc3ccc(Br)cc3)c2)C2(CCCC2)O1. The van der Waals surface area contributed by atoms with E-state index in [-0.39, 0.29) is 24.2 Å². The first-order chi connectivity index (χ1) is 13.9. The Balaban J connectivity index is 1.46. The molecule has 1 aliphatic carbocycles. The molecule has 1 heterocycles. The van der Waals surface area contributed by atoms with Gasteiger partial charge in [-0.2, -0.15) is 0 Å². The highest BCUT2D eigenvalue weighted by molar-refractivity contribution is 9.10. The summed E-state index contributed by atoms with van der Waals surface area (Å²) in [5.41, 5.74) is 0.973. The van der Waals surface area contributed by atoms with Crippen LogP contribution in [0, 0.1) is 5.92 Å². The Kier molecular flexibility index (Phi) is 5.41. The topological polar surface area (TPSA) is 84.5 Å². The lowest BCUT2D eigenvalue weighted by Gasteiger charge is -2.27. The van der Waals surface area contributed by atoms with Crippen LogP contribution in [0.5, 0.6) is 0 Å². The van der Waals surface area contributed by atoms with E-state index in [4.69, 9.17) is 4.74 Å². The summed E-state index contributed by atoms with van der Waals surface area (Å²) in [7, 11) is 0. The summed E-state index contributed by atoms with van der Waals surface area (Å²) in [5.74, 6) is -1.30. The molecule has 2 aliphatic rings. The van der Waals surface area contributed by atoms with Crippen molar-refractivity contribution >= 4 is 45.1 Å². The van der Waals surface area contributed by atoms with Gasteiger partial charge in [-0.3, -0.25) is 14.4 Å². The molecule has 0 aromatic heterocycles. The van der Waals surface area contributed by atoms with Crippen LogP contribution in [0.2, 0.25) is 0 Å². The molecule has 0 radical (unpaired) electrons. The fraction of sp³-hybridized carbons (Fsp3) is 0.318. The van der Waals surface area contributed by atoms with Crippen molar-refractivity contribution in [1.82, 2.24) is 0 Å². The fourth-order valence-corrected chi connectivity index (χ4v) is 4.42. The second-order valence-corrected chi connectivity index (χ2v) is 8.45. The molecule has 29 heavy (non-hydrogen) atoms. The zero-order valence-corrected chi connectivity index (χ0v) is 17.3. The maximum absolute atomic E-state index is 12.9. The molecule has 1 aliphatic heterocycles. The highest BCUT2D eigenvalue weighted by atomic mass is 79.9. The van der Waals surface area contributed by atoms with Gasteiger partial charge in [0.2, 0.25) is 5.91 Å². The monoisotopic (exact) mass is 456 g/mol. The van der Waals surface area contributed by atoms with Gasteiger partial charge in [-0.05, 0) is 68.1 Å². The molecule has 1 spiro atoms. The van der Waals surface area contributed by atoms with Crippen molar-refractivity contribution in [2.75, 3.05) is 10.6 Å². The van der Waals surface area contributed by atoms with Gasteiger partial charge in [0.15, 0.2) is 0 Å². The molecule has 1 atom stereocenters. The standard InChI is InChI=1S/C22H21BrN2O4/c23-15-6-8-16(9-7-15)24-20(27)14-4-3-5-17(12-14)25-21(28)18-13-19(26)29-22(18)10-1-2-11-22/h3-9,12,18H,1-2,10-11,13H2,(H,24,27)(H,25,28)/t18-/m1/s1. The molecule has 2 amide bonds. The zero-order valence-electron chi connectivity index (χ0n) is 15.7. The molecule has 7 heteroatoms. The predicted molar refractivity (Wildman–Crippen MR) is 113 cm³/mol. The van der Waals surface area contributed by atoms with Crippen LogP contribution in [0.3, 0.4) is 0 Å². The van der Waals surface area contributed by atoms with Gasteiger partial charge in [-0.1, -0.05) is 22.0 Å². The first-order valence-electron chi connectivity index (χ1n) is 9.65.